The summed E-state index contributed by atoms with van der Waals surface area (Å²) in [5.41, 5.74) is 1.33. The Balaban J connectivity index is 2.22. The van der Waals surface area contributed by atoms with Crippen molar-refractivity contribution < 1.29 is 4.74 Å². The molecule has 3 heteroatoms. The second-order valence-electron chi connectivity index (χ2n) is 4.91. The lowest BCUT2D eigenvalue weighted by Gasteiger charge is -2.17. The molecule has 0 aliphatic heterocycles. The molecule has 0 radical (unpaired) electrons. The van der Waals surface area contributed by atoms with Crippen LogP contribution in [0.1, 0.15) is 18.9 Å². The van der Waals surface area contributed by atoms with Crippen LogP contribution in [0.2, 0.25) is 0 Å². The molecule has 2 aromatic carbocycles. The third-order valence-electron chi connectivity index (χ3n) is 3.64. The van der Waals surface area contributed by atoms with Gasteiger partial charge in [-0.15, -0.1) is 0 Å². The molecule has 1 unspecified atom stereocenters. The minimum absolute atomic E-state index is 0.575. The zero-order valence-corrected chi connectivity index (χ0v) is 13.3. The molecule has 0 aliphatic carbocycles. The Morgan fingerprint density at radius 3 is 2.55 bits per heavy atom. The van der Waals surface area contributed by atoms with Gasteiger partial charge >= 0.3 is 0 Å². The van der Waals surface area contributed by atoms with Crippen LogP contribution >= 0.6 is 11.8 Å². The van der Waals surface area contributed by atoms with Gasteiger partial charge in [-0.1, -0.05) is 37.3 Å². The first-order chi connectivity index (χ1) is 9.80. The molecule has 1 atom stereocenters. The van der Waals surface area contributed by atoms with Crippen LogP contribution in [0, 0.1) is 0 Å². The average Bonchev–Trinajstić information content (AvgIpc) is 2.51. The lowest BCUT2D eigenvalue weighted by Crippen LogP contribution is -2.30. The van der Waals surface area contributed by atoms with E-state index in [0.29, 0.717) is 6.04 Å². The second kappa shape index (κ2) is 7.55. The van der Waals surface area contributed by atoms with Gasteiger partial charge < -0.3 is 10.1 Å². The van der Waals surface area contributed by atoms with Crippen molar-refractivity contribution in [3.63, 3.8) is 0 Å². The maximum atomic E-state index is 5.44. The molecule has 0 aromatic heterocycles. The molecule has 20 heavy (non-hydrogen) atoms. The Bertz CT molecular complexity index is 556. The molecular weight excluding hydrogens is 266 g/mol. The van der Waals surface area contributed by atoms with Gasteiger partial charge in [0.25, 0.3) is 0 Å². The van der Waals surface area contributed by atoms with Gasteiger partial charge in [-0.05, 0) is 29.7 Å². The van der Waals surface area contributed by atoms with Gasteiger partial charge in [0.2, 0.25) is 0 Å². The lowest BCUT2D eigenvalue weighted by atomic mass is 10.0. The molecule has 2 aromatic rings. The summed E-state index contributed by atoms with van der Waals surface area (Å²) in [5.74, 6) is 2.10. The number of rotatable bonds is 7. The molecule has 0 saturated carbocycles. The number of nitrogens with one attached hydrogen (secondary N) is 1. The van der Waals surface area contributed by atoms with Gasteiger partial charge in [-0.25, -0.2) is 0 Å². The highest BCUT2D eigenvalue weighted by molar-refractivity contribution is 7.98. The fourth-order valence-corrected chi connectivity index (χ4v) is 3.20. The Kier molecular flexibility index (Phi) is 5.74. The van der Waals surface area contributed by atoms with Crippen LogP contribution in [0.15, 0.2) is 36.4 Å². The second-order valence-corrected chi connectivity index (χ2v) is 5.82. The van der Waals surface area contributed by atoms with Crippen molar-refractivity contribution in [1.82, 2.24) is 5.32 Å². The van der Waals surface area contributed by atoms with Gasteiger partial charge in [0, 0.05) is 23.7 Å². The number of hydrogen-bond acceptors (Lipinski definition) is 3. The van der Waals surface area contributed by atoms with Crippen LogP contribution < -0.4 is 10.1 Å². The van der Waals surface area contributed by atoms with Crippen LogP contribution in [0.3, 0.4) is 0 Å². The molecule has 0 bridgehead atoms. The smallest absolute Gasteiger partial charge is 0.126 e. The molecule has 0 amide bonds. The summed E-state index contributed by atoms with van der Waals surface area (Å²) < 4.78 is 5.44. The summed E-state index contributed by atoms with van der Waals surface area (Å²) in [6.07, 6.45) is 3.32. The maximum Gasteiger partial charge on any atom is 0.126 e. The van der Waals surface area contributed by atoms with E-state index in [-0.39, 0.29) is 0 Å². The van der Waals surface area contributed by atoms with Crippen molar-refractivity contribution >= 4 is 22.5 Å². The topological polar surface area (TPSA) is 21.3 Å². The van der Waals surface area contributed by atoms with Crippen molar-refractivity contribution in [1.29, 1.82) is 0 Å². The molecule has 2 rings (SSSR count). The molecule has 0 saturated heterocycles. The number of benzene rings is 2. The number of hydrogen-bond donors (Lipinski definition) is 1. The van der Waals surface area contributed by atoms with E-state index < -0.39 is 0 Å². The Hall–Kier alpha value is -1.19. The Labute approximate surface area is 125 Å². The van der Waals surface area contributed by atoms with Crippen LogP contribution in [0.25, 0.3) is 10.8 Å². The first-order valence-electron chi connectivity index (χ1n) is 7.07. The highest BCUT2D eigenvalue weighted by Gasteiger charge is 2.08. The van der Waals surface area contributed by atoms with Crippen molar-refractivity contribution in [2.45, 2.75) is 25.9 Å². The van der Waals surface area contributed by atoms with Crippen molar-refractivity contribution in [2.75, 3.05) is 19.1 Å². The van der Waals surface area contributed by atoms with Gasteiger partial charge in [-0.3, -0.25) is 0 Å². The van der Waals surface area contributed by atoms with Crippen LogP contribution in [0.4, 0.5) is 0 Å². The number of ether oxygens (including phenoxy) is 1. The fraction of sp³-hybridized carbons (Fsp3) is 0.412. The van der Waals surface area contributed by atoms with Crippen LogP contribution in [-0.4, -0.2) is 25.2 Å². The van der Waals surface area contributed by atoms with E-state index in [0.717, 1.165) is 24.5 Å². The standard InChI is InChI=1S/C17H23NOS/c1-4-14(12-20-3)18-11-13-9-10-17(19-2)16-8-6-5-7-15(13)16/h5-10,14,18H,4,11-12H2,1-3H3. The predicted molar refractivity (Wildman–Crippen MR) is 89.8 cm³/mol. The number of methoxy groups -OCH3 is 1. The van der Waals surface area contributed by atoms with E-state index in [4.69, 9.17) is 4.74 Å². The van der Waals surface area contributed by atoms with E-state index in [1.807, 2.05) is 11.8 Å². The zero-order valence-electron chi connectivity index (χ0n) is 12.5. The van der Waals surface area contributed by atoms with Crippen molar-refractivity contribution in [2.24, 2.45) is 0 Å². The van der Waals surface area contributed by atoms with E-state index >= 15 is 0 Å². The minimum Gasteiger partial charge on any atom is -0.496 e. The van der Waals surface area contributed by atoms with Gasteiger partial charge in [0.05, 0.1) is 7.11 Å². The van der Waals surface area contributed by atoms with Crippen LogP contribution in [-0.2, 0) is 6.54 Å². The van der Waals surface area contributed by atoms with Gasteiger partial charge in [-0.2, -0.15) is 11.8 Å². The molecule has 0 heterocycles. The number of fused-ring (bicyclic) bond motifs is 1. The van der Waals surface area contributed by atoms with E-state index in [2.05, 4.69) is 54.9 Å². The number of thioether (sulfide) groups is 1. The summed E-state index contributed by atoms with van der Waals surface area (Å²) in [6.45, 7) is 3.14. The average molecular weight is 289 g/mol. The van der Waals surface area contributed by atoms with Gasteiger partial charge in [0.1, 0.15) is 5.75 Å². The summed E-state index contributed by atoms with van der Waals surface area (Å²) >= 11 is 1.90. The molecule has 0 fully saturated rings. The third kappa shape index (κ3) is 3.47. The molecule has 0 aliphatic rings. The van der Waals surface area contributed by atoms with Crippen molar-refractivity contribution in [3.8, 4) is 5.75 Å². The van der Waals surface area contributed by atoms with E-state index in [9.17, 15) is 0 Å². The highest BCUT2D eigenvalue weighted by Crippen LogP contribution is 2.28. The molecule has 0 spiro atoms. The Morgan fingerprint density at radius 1 is 1.15 bits per heavy atom. The predicted octanol–water partition coefficient (Wildman–Crippen LogP) is 4.08. The summed E-state index contributed by atoms with van der Waals surface area (Å²) in [7, 11) is 1.73. The molecule has 1 N–H and O–H groups in total. The first kappa shape index (κ1) is 15.2. The van der Waals surface area contributed by atoms with E-state index in [1.165, 1.54) is 16.3 Å². The summed E-state index contributed by atoms with van der Waals surface area (Å²) in [6, 6.07) is 13.2. The first-order valence-corrected chi connectivity index (χ1v) is 8.46. The summed E-state index contributed by atoms with van der Waals surface area (Å²) in [4.78, 5) is 0. The Morgan fingerprint density at radius 2 is 1.90 bits per heavy atom. The SMILES string of the molecule is CCC(CSC)NCc1ccc(OC)c2ccccc12. The largest absolute Gasteiger partial charge is 0.496 e. The van der Waals surface area contributed by atoms with Crippen molar-refractivity contribution in [3.05, 3.63) is 42.0 Å². The molecule has 2 nitrogen and oxygen atoms in total. The third-order valence-corrected chi connectivity index (χ3v) is 4.37. The maximum absolute atomic E-state index is 5.44. The molecular formula is C17H23NOS. The normalized spacial score (nSPS) is 12.6. The summed E-state index contributed by atoms with van der Waals surface area (Å²) in [5, 5.41) is 6.12. The zero-order chi connectivity index (χ0) is 14.4. The quantitative estimate of drug-likeness (QED) is 0.830. The fourth-order valence-electron chi connectivity index (χ4n) is 2.44. The minimum atomic E-state index is 0.575. The monoisotopic (exact) mass is 289 g/mol. The lowest BCUT2D eigenvalue weighted by molar-refractivity contribution is 0.419. The highest BCUT2D eigenvalue weighted by atomic mass is 32.2. The van der Waals surface area contributed by atoms with Gasteiger partial charge in [0.15, 0.2) is 0 Å². The molecule has 108 valence electrons. The van der Waals surface area contributed by atoms with E-state index in [1.54, 1.807) is 7.11 Å². The van der Waals surface area contributed by atoms with Crippen LogP contribution in [0.5, 0.6) is 5.75 Å².